The van der Waals surface area contributed by atoms with E-state index in [-0.39, 0.29) is 22.8 Å². The van der Waals surface area contributed by atoms with Gasteiger partial charge in [0.05, 0.1) is 10.9 Å². The lowest BCUT2D eigenvalue weighted by molar-refractivity contribution is -0.133. The maximum atomic E-state index is 12.2. The van der Waals surface area contributed by atoms with Gasteiger partial charge in [-0.15, -0.1) is 0 Å². The standard InChI is InChI=1S/C14H20N2O3S/c1-9-8-13(9)14(17)16(3)10(2)11-4-6-12(7-5-11)20(15,18)19/h4-7,9-10,13H,8H2,1-3H3,(H2,15,18,19). The van der Waals surface area contributed by atoms with Crippen LogP contribution in [0.15, 0.2) is 29.2 Å². The average Bonchev–Trinajstić information content (AvgIpc) is 3.12. The molecule has 1 fully saturated rings. The average molecular weight is 296 g/mol. The van der Waals surface area contributed by atoms with Crippen LogP contribution in [0.4, 0.5) is 0 Å². The van der Waals surface area contributed by atoms with Crippen LogP contribution >= 0.6 is 0 Å². The molecular weight excluding hydrogens is 276 g/mol. The number of carbonyl (C=O) groups is 1. The summed E-state index contributed by atoms with van der Waals surface area (Å²) < 4.78 is 22.4. The van der Waals surface area contributed by atoms with Gasteiger partial charge in [0.25, 0.3) is 0 Å². The van der Waals surface area contributed by atoms with E-state index < -0.39 is 10.0 Å². The zero-order chi connectivity index (χ0) is 15.1. The summed E-state index contributed by atoms with van der Waals surface area (Å²) in [7, 11) is -1.89. The van der Waals surface area contributed by atoms with Gasteiger partial charge < -0.3 is 4.90 Å². The molecule has 1 saturated carbocycles. The van der Waals surface area contributed by atoms with Crippen LogP contribution in [-0.2, 0) is 14.8 Å². The van der Waals surface area contributed by atoms with E-state index in [1.807, 2.05) is 6.92 Å². The third kappa shape index (κ3) is 3.02. The number of sulfonamides is 1. The molecule has 1 aliphatic rings. The molecule has 0 saturated heterocycles. The van der Waals surface area contributed by atoms with Gasteiger partial charge in [0, 0.05) is 13.0 Å². The third-order valence-corrected chi connectivity index (χ3v) is 4.98. The number of rotatable bonds is 4. The summed E-state index contributed by atoms with van der Waals surface area (Å²) in [6.45, 7) is 4.00. The summed E-state index contributed by atoms with van der Waals surface area (Å²) in [5.41, 5.74) is 0.890. The van der Waals surface area contributed by atoms with E-state index in [1.54, 1.807) is 24.1 Å². The molecular formula is C14H20N2O3S. The summed E-state index contributed by atoms with van der Waals surface area (Å²) in [6.07, 6.45) is 0.959. The van der Waals surface area contributed by atoms with Crippen LogP contribution in [0.1, 0.15) is 31.9 Å². The van der Waals surface area contributed by atoms with Crippen molar-refractivity contribution in [3.05, 3.63) is 29.8 Å². The molecule has 110 valence electrons. The third-order valence-electron chi connectivity index (χ3n) is 4.05. The van der Waals surface area contributed by atoms with Crippen molar-refractivity contribution in [1.82, 2.24) is 4.90 Å². The fourth-order valence-corrected chi connectivity index (χ4v) is 2.79. The van der Waals surface area contributed by atoms with Crippen LogP contribution in [0.25, 0.3) is 0 Å². The number of nitrogens with two attached hydrogens (primary N) is 1. The summed E-state index contributed by atoms with van der Waals surface area (Å²) in [4.78, 5) is 14.0. The van der Waals surface area contributed by atoms with Crippen LogP contribution in [0.3, 0.4) is 0 Å². The zero-order valence-electron chi connectivity index (χ0n) is 11.9. The molecule has 0 aliphatic heterocycles. The van der Waals surface area contributed by atoms with Gasteiger partial charge in [0.2, 0.25) is 15.9 Å². The number of hydrogen-bond acceptors (Lipinski definition) is 3. The predicted molar refractivity (Wildman–Crippen MR) is 76.3 cm³/mol. The molecule has 5 nitrogen and oxygen atoms in total. The van der Waals surface area contributed by atoms with Crippen molar-refractivity contribution in [3.8, 4) is 0 Å². The number of nitrogens with zero attached hydrogens (tertiary/aromatic N) is 1. The lowest BCUT2D eigenvalue weighted by atomic mass is 10.1. The Morgan fingerprint density at radius 1 is 1.35 bits per heavy atom. The molecule has 1 aromatic rings. The molecule has 0 radical (unpaired) electrons. The van der Waals surface area contributed by atoms with E-state index in [4.69, 9.17) is 5.14 Å². The molecule has 2 rings (SSSR count). The Labute approximate surface area is 119 Å². The van der Waals surface area contributed by atoms with Crippen LogP contribution < -0.4 is 5.14 Å². The fourth-order valence-electron chi connectivity index (χ4n) is 2.28. The monoisotopic (exact) mass is 296 g/mol. The molecule has 0 heterocycles. The van der Waals surface area contributed by atoms with Crippen LogP contribution in [0.5, 0.6) is 0 Å². The maximum absolute atomic E-state index is 12.2. The SMILES string of the molecule is CC1CC1C(=O)N(C)C(C)c1ccc(S(N)(=O)=O)cc1. The van der Waals surface area contributed by atoms with Crippen molar-refractivity contribution in [1.29, 1.82) is 0 Å². The van der Waals surface area contributed by atoms with Gasteiger partial charge in [-0.25, -0.2) is 13.6 Å². The number of carbonyl (C=O) groups excluding carboxylic acids is 1. The minimum absolute atomic E-state index is 0.0817. The van der Waals surface area contributed by atoms with Crippen molar-refractivity contribution >= 4 is 15.9 Å². The number of amides is 1. The van der Waals surface area contributed by atoms with Gasteiger partial charge in [0.15, 0.2) is 0 Å². The second-order valence-corrected chi connectivity index (χ2v) is 7.12. The summed E-state index contributed by atoms with van der Waals surface area (Å²) in [6, 6.07) is 6.25. The van der Waals surface area contributed by atoms with Gasteiger partial charge in [-0.2, -0.15) is 0 Å². The van der Waals surface area contributed by atoms with Crippen molar-refractivity contribution < 1.29 is 13.2 Å². The minimum Gasteiger partial charge on any atom is -0.339 e. The highest BCUT2D eigenvalue weighted by molar-refractivity contribution is 7.89. The first-order valence-electron chi connectivity index (χ1n) is 6.61. The molecule has 2 N–H and O–H groups in total. The Morgan fingerprint density at radius 2 is 1.85 bits per heavy atom. The van der Waals surface area contributed by atoms with Crippen LogP contribution in [0.2, 0.25) is 0 Å². The lowest BCUT2D eigenvalue weighted by Crippen LogP contribution is -2.31. The zero-order valence-corrected chi connectivity index (χ0v) is 12.7. The Morgan fingerprint density at radius 3 is 2.25 bits per heavy atom. The van der Waals surface area contributed by atoms with E-state index in [1.165, 1.54) is 12.1 Å². The normalized spacial score (nSPS) is 23.2. The fraction of sp³-hybridized carbons (Fsp3) is 0.500. The highest BCUT2D eigenvalue weighted by Crippen LogP contribution is 2.40. The molecule has 20 heavy (non-hydrogen) atoms. The van der Waals surface area contributed by atoms with E-state index in [0.717, 1.165) is 12.0 Å². The smallest absolute Gasteiger partial charge is 0.238 e. The molecule has 0 aromatic heterocycles. The minimum atomic E-state index is -3.67. The first-order chi connectivity index (χ1) is 9.21. The Hall–Kier alpha value is -1.40. The molecule has 1 aliphatic carbocycles. The summed E-state index contributed by atoms with van der Waals surface area (Å²) in [5, 5.41) is 5.06. The molecule has 6 heteroatoms. The first kappa shape index (κ1) is 15.0. The van der Waals surface area contributed by atoms with Crippen LogP contribution in [-0.4, -0.2) is 26.3 Å². The highest BCUT2D eigenvalue weighted by atomic mass is 32.2. The number of hydrogen-bond donors (Lipinski definition) is 1. The van der Waals surface area contributed by atoms with Gasteiger partial charge >= 0.3 is 0 Å². The van der Waals surface area contributed by atoms with E-state index in [2.05, 4.69) is 6.92 Å². The van der Waals surface area contributed by atoms with Crippen molar-refractivity contribution in [2.24, 2.45) is 17.0 Å². The maximum Gasteiger partial charge on any atom is 0.238 e. The van der Waals surface area contributed by atoms with Crippen molar-refractivity contribution in [2.75, 3.05) is 7.05 Å². The molecule has 3 atom stereocenters. The second-order valence-electron chi connectivity index (χ2n) is 5.56. The van der Waals surface area contributed by atoms with Crippen LogP contribution in [0, 0.1) is 11.8 Å². The Kier molecular flexibility index (Phi) is 3.88. The lowest BCUT2D eigenvalue weighted by Gasteiger charge is -2.25. The molecule has 1 amide bonds. The summed E-state index contributed by atoms with van der Waals surface area (Å²) in [5.74, 6) is 0.772. The van der Waals surface area contributed by atoms with E-state index >= 15 is 0 Å². The van der Waals surface area contributed by atoms with E-state index in [0.29, 0.717) is 5.92 Å². The molecule has 0 bridgehead atoms. The Balaban J connectivity index is 2.13. The van der Waals surface area contributed by atoms with Gasteiger partial charge in [-0.05, 0) is 37.0 Å². The summed E-state index contributed by atoms with van der Waals surface area (Å²) >= 11 is 0. The van der Waals surface area contributed by atoms with Crippen molar-refractivity contribution in [2.45, 2.75) is 31.2 Å². The molecule has 3 unspecified atom stereocenters. The predicted octanol–water partition coefficient (Wildman–Crippen LogP) is 1.51. The molecule has 1 aromatic carbocycles. The number of primary sulfonamides is 1. The quantitative estimate of drug-likeness (QED) is 0.914. The Bertz CT molecular complexity index is 610. The van der Waals surface area contributed by atoms with Gasteiger partial charge in [-0.1, -0.05) is 19.1 Å². The van der Waals surface area contributed by atoms with Gasteiger partial charge in [-0.3, -0.25) is 4.79 Å². The molecule has 0 spiro atoms. The number of benzene rings is 1. The van der Waals surface area contributed by atoms with Gasteiger partial charge in [0.1, 0.15) is 0 Å². The topological polar surface area (TPSA) is 80.5 Å². The van der Waals surface area contributed by atoms with E-state index in [9.17, 15) is 13.2 Å². The second kappa shape index (κ2) is 5.18. The largest absolute Gasteiger partial charge is 0.339 e. The van der Waals surface area contributed by atoms with Crippen molar-refractivity contribution in [3.63, 3.8) is 0 Å². The highest BCUT2D eigenvalue weighted by Gasteiger charge is 2.41. The first-order valence-corrected chi connectivity index (χ1v) is 8.16.